The number of aromatic carboxylic acids is 1. The van der Waals surface area contributed by atoms with Gasteiger partial charge in [-0.2, -0.15) is 0 Å². The number of phenols is 1. The fourth-order valence-corrected chi connectivity index (χ4v) is 8.20. The van der Waals surface area contributed by atoms with Crippen LogP contribution in [0.15, 0.2) is 72.3 Å². The summed E-state index contributed by atoms with van der Waals surface area (Å²) in [5, 5.41) is 20.1. The van der Waals surface area contributed by atoms with Gasteiger partial charge in [0.05, 0.1) is 45.1 Å². The number of carbonyl (C=O) groups is 5. The smallest absolute Gasteiger partial charge is 0.335 e. The van der Waals surface area contributed by atoms with Gasteiger partial charge in [0, 0.05) is 11.5 Å². The van der Waals surface area contributed by atoms with Crippen LogP contribution in [0.1, 0.15) is 41.6 Å². The second-order valence-electron chi connectivity index (χ2n) is 12.3. The molecule has 3 aromatic rings. The average molecular weight is 647 g/mol. The molecule has 4 amide bonds. The van der Waals surface area contributed by atoms with Gasteiger partial charge in [0.2, 0.25) is 23.6 Å². The first-order valence-corrected chi connectivity index (χ1v) is 15.0. The standard InChI is InChI=1S/C34H25ClF2N2O7/c1-34-22(30(42)39(33(34)46)17-8-11-24(36)23(35)13-17)14-21-18(27(34)20-6-3-7-25(37)28(20)40)9-10-19-26(21)31(43)38(29(19)41)16-5-2-4-15(12-16)32(44)45/h2-9,11-13,19,21-22,26-27,40H,10,14H2,1H3,(H,44,45)/t19-,21+,22-,26-,27+,34+/m0/s1. The lowest BCUT2D eigenvalue weighted by Gasteiger charge is -2.49. The van der Waals surface area contributed by atoms with Gasteiger partial charge in [-0.15, -0.1) is 0 Å². The van der Waals surface area contributed by atoms with E-state index in [0.29, 0.717) is 5.57 Å². The van der Waals surface area contributed by atoms with Gasteiger partial charge in [0.25, 0.3) is 0 Å². The number of phenolic OH excluding ortho intramolecular Hbond substituents is 1. The highest BCUT2D eigenvalue weighted by Gasteiger charge is 2.68. The van der Waals surface area contributed by atoms with E-state index < -0.39 is 82.0 Å². The molecular formula is C34H25ClF2N2O7. The van der Waals surface area contributed by atoms with Gasteiger partial charge < -0.3 is 10.2 Å². The van der Waals surface area contributed by atoms with Crippen molar-refractivity contribution in [1.82, 2.24) is 0 Å². The molecule has 234 valence electrons. The third kappa shape index (κ3) is 4.00. The van der Waals surface area contributed by atoms with Gasteiger partial charge in [-0.3, -0.25) is 24.1 Å². The van der Waals surface area contributed by atoms with Crippen LogP contribution in [0.25, 0.3) is 0 Å². The summed E-state index contributed by atoms with van der Waals surface area (Å²) in [7, 11) is 0. The number of halogens is 3. The molecule has 2 N–H and O–H groups in total. The summed E-state index contributed by atoms with van der Waals surface area (Å²) in [6, 6.07) is 12.8. The largest absolute Gasteiger partial charge is 0.505 e. The highest BCUT2D eigenvalue weighted by molar-refractivity contribution is 6.32. The molecule has 0 bridgehead atoms. The summed E-state index contributed by atoms with van der Waals surface area (Å²) in [4.78, 5) is 69.9. The summed E-state index contributed by atoms with van der Waals surface area (Å²) in [5.74, 6) is -10.8. The minimum atomic E-state index is -1.57. The van der Waals surface area contributed by atoms with Crippen LogP contribution < -0.4 is 9.80 Å². The quantitative estimate of drug-likeness (QED) is 0.284. The molecule has 46 heavy (non-hydrogen) atoms. The molecule has 9 nitrogen and oxygen atoms in total. The number of carboxylic acid groups (broad SMARTS) is 1. The number of allylic oxidation sites excluding steroid dienone is 2. The van der Waals surface area contributed by atoms with Crippen LogP contribution in [0, 0.1) is 40.7 Å². The van der Waals surface area contributed by atoms with Crippen LogP contribution in [-0.2, 0) is 19.2 Å². The number of benzene rings is 3. The Kier molecular flexibility index (Phi) is 6.68. The van der Waals surface area contributed by atoms with E-state index in [-0.39, 0.29) is 40.4 Å². The minimum absolute atomic E-state index is 0.0197. The highest BCUT2D eigenvalue weighted by atomic mass is 35.5. The van der Waals surface area contributed by atoms with Gasteiger partial charge in [-0.25, -0.2) is 18.5 Å². The molecule has 2 saturated heterocycles. The van der Waals surface area contributed by atoms with Crippen molar-refractivity contribution < 1.29 is 43.0 Å². The predicted octanol–water partition coefficient (Wildman–Crippen LogP) is 5.46. The lowest BCUT2D eigenvalue weighted by atomic mass is 9.51. The number of imide groups is 2. The second-order valence-corrected chi connectivity index (χ2v) is 12.7. The Morgan fingerprint density at radius 1 is 0.891 bits per heavy atom. The summed E-state index contributed by atoms with van der Waals surface area (Å²) in [5.41, 5.74) is -0.992. The lowest BCUT2D eigenvalue weighted by Crippen LogP contribution is -2.49. The summed E-state index contributed by atoms with van der Waals surface area (Å²) in [6.45, 7) is 1.56. The number of amides is 4. The second kappa shape index (κ2) is 10.3. The van der Waals surface area contributed by atoms with Crippen LogP contribution in [0.5, 0.6) is 5.75 Å². The molecule has 0 unspecified atom stereocenters. The zero-order valence-corrected chi connectivity index (χ0v) is 24.9. The van der Waals surface area contributed by atoms with E-state index in [1.54, 1.807) is 13.0 Å². The number of carbonyl (C=O) groups excluding carboxylic acids is 4. The van der Waals surface area contributed by atoms with Crippen LogP contribution in [0.2, 0.25) is 5.02 Å². The van der Waals surface area contributed by atoms with E-state index in [1.807, 2.05) is 0 Å². The molecular weight excluding hydrogens is 622 g/mol. The number of para-hydroxylation sites is 1. The summed E-state index contributed by atoms with van der Waals surface area (Å²) >= 11 is 6.00. The minimum Gasteiger partial charge on any atom is -0.505 e. The van der Waals surface area contributed by atoms with Gasteiger partial charge in [-0.05, 0) is 68.1 Å². The third-order valence-electron chi connectivity index (χ3n) is 10.1. The van der Waals surface area contributed by atoms with Crippen LogP contribution in [-0.4, -0.2) is 39.8 Å². The number of carboxylic acids is 1. The Bertz CT molecular complexity index is 1950. The Hall–Kier alpha value is -4.90. The van der Waals surface area contributed by atoms with Crippen molar-refractivity contribution in [2.75, 3.05) is 9.80 Å². The molecule has 12 heteroatoms. The Balaban J connectivity index is 1.37. The first-order valence-electron chi connectivity index (χ1n) is 14.6. The van der Waals surface area contributed by atoms with Gasteiger partial charge in [0.1, 0.15) is 5.82 Å². The molecule has 0 spiro atoms. The van der Waals surface area contributed by atoms with Gasteiger partial charge in [0.15, 0.2) is 11.6 Å². The maximum atomic E-state index is 14.9. The van der Waals surface area contributed by atoms with Crippen molar-refractivity contribution in [2.24, 2.45) is 29.1 Å². The van der Waals surface area contributed by atoms with E-state index in [9.17, 15) is 43.0 Å². The Morgan fingerprint density at radius 2 is 1.61 bits per heavy atom. The van der Waals surface area contributed by atoms with Crippen molar-refractivity contribution >= 4 is 52.6 Å². The summed E-state index contributed by atoms with van der Waals surface area (Å²) < 4.78 is 28.9. The van der Waals surface area contributed by atoms with Crippen molar-refractivity contribution in [2.45, 2.75) is 25.7 Å². The van der Waals surface area contributed by atoms with Crippen molar-refractivity contribution in [3.63, 3.8) is 0 Å². The fraction of sp³-hybridized carbons (Fsp3) is 0.265. The first-order chi connectivity index (χ1) is 21.9. The lowest BCUT2D eigenvalue weighted by molar-refractivity contribution is -0.131. The van der Waals surface area contributed by atoms with E-state index in [1.165, 1.54) is 42.5 Å². The van der Waals surface area contributed by atoms with Gasteiger partial charge >= 0.3 is 5.97 Å². The van der Waals surface area contributed by atoms with Crippen molar-refractivity contribution in [3.8, 4) is 5.75 Å². The normalized spacial score (nSPS) is 28.6. The average Bonchev–Trinajstić information content (AvgIpc) is 3.40. The number of aromatic hydroxyl groups is 1. The molecule has 7 rings (SSSR count). The number of hydrogen-bond donors (Lipinski definition) is 2. The number of fused-ring (bicyclic) bond motifs is 4. The van der Waals surface area contributed by atoms with E-state index in [4.69, 9.17) is 11.6 Å². The third-order valence-corrected chi connectivity index (χ3v) is 10.4. The molecule has 1 saturated carbocycles. The highest BCUT2D eigenvalue weighted by Crippen LogP contribution is 2.64. The van der Waals surface area contributed by atoms with Crippen molar-refractivity contribution in [1.29, 1.82) is 0 Å². The molecule has 0 radical (unpaired) electrons. The monoisotopic (exact) mass is 646 g/mol. The number of rotatable bonds is 4. The van der Waals surface area contributed by atoms with Crippen LogP contribution in [0.4, 0.5) is 20.2 Å². The maximum Gasteiger partial charge on any atom is 0.335 e. The van der Waals surface area contributed by atoms with Crippen molar-refractivity contribution in [3.05, 3.63) is 100 Å². The molecule has 2 heterocycles. The zero-order chi connectivity index (χ0) is 32.8. The van der Waals surface area contributed by atoms with Crippen LogP contribution in [0.3, 0.4) is 0 Å². The first kappa shape index (κ1) is 29.8. The molecule has 2 aliphatic heterocycles. The molecule has 6 atom stereocenters. The molecule has 0 aromatic heterocycles. The Morgan fingerprint density at radius 3 is 2.33 bits per heavy atom. The van der Waals surface area contributed by atoms with E-state index >= 15 is 0 Å². The van der Waals surface area contributed by atoms with Crippen LogP contribution >= 0.6 is 11.6 Å². The predicted molar refractivity (Wildman–Crippen MR) is 160 cm³/mol. The molecule has 4 aliphatic rings. The Labute approximate surface area is 265 Å². The topological polar surface area (TPSA) is 132 Å². The van der Waals surface area contributed by atoms with E-state index in [2.05, 4.69) is 0 Å². The van der Waals surface area contributed by atoms with E-state index in [0.717, 1.165) is 28.0 Å². The molecule has 3 aromatic carbocycles. The maximum absolute atomic E-state index is 14.9. The molecule has 2 aliphatic carbocycles. The molecule has 3 fully saturated rings. The fourth-order valence-electron chi connectivity index (χ4n) is 8.03. The summed E-state index contributed by atoms with van der Waals surface area (Å²) in [6.07, 6.45) is 1.80. The zero-order valence-electron chi connectivity index (χ0n) is 24.1. The number of anilines is 2. The van der Waals surface area contributed by atoms with Gasteiger partial charge in [-0.1, -0.05) is 41.4 Å². The number of hydrogen-bond acceptors (Lipinski definition) is 6. The SMILES string of the molecule is C[C@@]12C(=O)N(c3ccc(F)c(Cl)c3)C(=O)[C@@H]1C[C@@H]1C(=CC[C@@H]3C(=O)N(c4cccc(C(=O)O)c4)C(=O)[C@@H]31)[C@@H]2c1cccc(F)c1O. The number of nitrogens with zero attached hydrogens (tertiary/aromatic N) is 2.